The van der Waals surface area contributed by atoms with Crippen molar-refractivity contribution in [1.29, 1.82) is 0 Å². The number of unbranched alkanes of at least 4 members (excludes halogenated alkanes) is 1. The molecule has 0 aromatic heterocycles. The smallest absolute Gasteiger partial charge is 0.410 e. The monoisotopic (exact) mass is 682 g/mol. The highest BCUT2D eigenvalue weighted by atomic mass is 35.5. The molecule has 11 heteroatoms. The lowest BCUT2D eigenvalue weighted by atomic mass is 10.0. The van der Waals surface area contributed by atoms with Crippen LogP contribution in [-0.4, -0.2) is 77.9 Å². The van der Waals surface area contributed by atoms with E-state index in [4.69, 9.17) is 25.9 Å². The molecule has 262 valence electrons. The molecule has 1 N–H and O–H groups in total. The third-order valence-electron chi connectivity index (χ3n) is 7.99. The fourth-order valence-corrected chi connectivity index (χ4v) is 5.87. The maximum Gasteiger partial charge on any atom is 0.410 e. The Kier molecular flexibility index (Phi) is 12.8. The van der Waals surface area contributed by atoms with E-state index in [0.717, 1.165) is 43.0 Å². The highest BCUT2D eigenvalue weighted by molar-refractivity contribution is 6.31. The molecule has 1 saturated heterocycles. The molecule has 48 heavy (non-hydrogen) atoms. The lowest BCUT2D eigenvalue weighted by molar-refractivity contribution is -0.135. The summed E-state index contributed by atoms with van der Waals surface area (Å²) in [5.74, 6) is -0.425. The van der Waals surface area contributed by atoms with Crippen molar-refractivity contribution >= 4 is 35.4 Å². The van der Waals surface area contributed by atoms with E-state index in [-0.39, 0.29) is 18.7 Å². The van der Waals surface area contributed by atoms with Gasteiger partial charge in [-0.25, -0.2) is 15.1 Å². The molecule has 0 bridgehead atoms. The highest BCUT2D eigenvalue weighted by Gasteiger charge is 2.28. The van der Waals surface area contributed by atoms with E-state index in [1.165, 1.54) is 22.9 Å². The summed E-state index contributed by atoms with van der Waals surface area (Å²) in [6.07, 6.45) is 12.8. The first-order valence-corrected chi connectivity index (χ1v) is 17.3. The number of hydroxylamine groups is 1. The molecule has 4 rings (SSSR count). The van der Waals surface area contributed by atoms with Crippen LogP contribution in [0.15, 0.2) is 70.9 Å². The van der Waals surface area contributed by atoms with Gasteiger partial charge >= 0.3 is 12.2 Å². The van der Waals surface area contributed by atoms with Crippen LogP contribution in [0.4, 0.5) is 15.3 Å². The van der Waals surface area contributed by atoms with E-state index in [1.807, 2.05) is 53.7 Å². The topological polar surface area (TPSA) is 101 Å². The summed E-state index contributed by atoms with van der Waals surface area (Å²) in [6.45, 7) is 13.4. The number of rotatable bonds is 10. The molecule has 0 atom stereocenters. The first-order chi connectivity index (χ1) is 22.7. The van der Waals surface area contributed by atoms with Crippen LogP contribution in [0.25, 0.3) is 0 Å². The summed E-state index contributed by atoms with van der Waals surface area (Å²) in [6, 6.07) is 8.45. The molecule has 2 aliphatic heterocycles. The Labute approximate surface area is 290 Å². The van der Waals surface area contributed by atoms with Crippen LogP contribution >= 0.6 is 11.6 Å². The summed E-state index contributed by atoms with van der Waals surface area (Å²) in [5.41, 5.74) is 6.12. The Bertz CT molecular complexity index is 1430. The van der Waals surface area contributed by atoms with Gasteiger partial charge in [0.05, 0.1) is 6.10 Å². The Morgan fingerprint density at radius 2 is 1.69 bits per heavy atom. The first-order valence-electron chi connectivity index (χ1n) is 16.9. The number of carbonyl (C=O) groups is 3. The van der Waals surface area contributed by atoms with Gasteiger partial charge in [-0.2, -0.15) is 0 Å². The maximum absolute atomic E-state index is 13.1. The summed E-state index contributed by atoms with van der Waals surface area (Å²) >= 11 is 6.45. The van der Waals surface area contributed by atoms with Crippen LogP contribution in [0.5, 0.6) is 0 Å². The predicted molar refractivity (Wildman–Crippen MR) is 188 cm³/mol. The van der Waals surface area contributed by atoms with E-state index in [2.05, 4.69) is 40.7 Å². The number of hydrogen-bond acceptors (Lipinski definition) is 7. The fraction of sp³-hybridized carbons (Fsp3) is 0.541. The van der Waals surface area contributed by atoms with Crippen molar-refractivity contribution in [2.24, 2.45) is 0 Å². The minimum atomic E-state index is -0.651. The van der Waals surface area contributed by atoms with Crippen LogP contribution in [0.2, 0.25) is 0 Å². The number of fused-ring (bicyclic) bond motifs is 2. The number of allylic oxidation sites excluding steroid dienone is 5. The number of ether oxygens (including phenoxy) is 2. The molecule has 2 heterocycles. The second kappa shape index (κ2) is 16.6. The van der Waals surface area contributed by atoms with Crippen molar-refractivity contribution < 1.29 is 28.7 Å². The van der Waals surface area contributed by atoms with Crippen molar-refractivity contribution in [1.82, 2.24) is 15.3 Å². The zero-order valence-corrected chi connectivity index (χ0v) is 30.0. The van der Waals surface area contributed by atoms with Gasteiger partial charge in [-0.3, -0.25) is 9.63 Å². The number of amides is 3. The molecule has 3 amide bonds. The average Bonchev–Trinajstić information content (AvgIpc) is 3.16. The van der Waals surface area contributed by atoms with Crippen molar-refractivity contribution in [2.45, 2.75) is 97.4 Å². The second-order valence-electron chi connectivity index (χ2n) is 14.3. The van der Waals surface area contributed by atoms with Crippen LogP contribution in [0.1, 0.15) is 79.2 Å². The fourth-order valence-electron chi connectivity index (χ4n) is 5.69. The summed E-state index contributed by atoms with van der Waals surface area (Å²) in [5, 5.41) is 0.743. The third-order valence-corrected chi connectivity index (χ3v) is 8.25. The molecule has 10 nitrogen and oxygen atoms in total. The lowest BCUT2D eigenvalue weighted by Crippen LogP contribution is -2.44. The van der Waals surface area contributed by atoms with E-state index in [0.29, 0.717) is 32.5 Å². The third kappa shape index (κ3) is 11.4. The van der Waals surface area contributed by atoms with Crippen molar-refractivity contribution in [2.75, 3.05) is 37.6 Å². The number of likely N-dealkylation sites (tertiary alicyclic amines) is 1. The number of carbonyl (C=O) groups excluding carboxylic acids is 3. The molecular weight excluding hydrogens is 632 g/mol. The number of anilines is 1. The van der Waals surface area contributed by atoms with E-state index in [1.54, 1.807) is 15.9 Å². The van der Waals surface area contributed by atoms with Gasteiger partial charge in [0.2, 0.25) is 0 Å². The maximum atomic E-state index is 13.1. The molecule has 1 fully saturated rings. The average molecular weight is 683 g/mol. The van der Waals surface area contributed by atoms with Gasteiger partial charge in [0.25, 0.3) is 5.91 Å². The quantitative estimate of drug-likeness (QED) is 0.156. The normalized spacial score (nSPS) is 17.0. The Morgan fingerprint density at radius 1 is 0.979 bits per heavy atom. The van der Waals surface area contributed by atoms with Crippen molar-refractivity contribution in [3.05, 3.63) is 76.5 Å². The lowest BCUT2D eigenvalue weighted by Gasteiger charge is -2.33. The van der Waals surface area contributed by atoms with Crippen LogP contribution in [0, 0.1) is 0 Å². The van der Waals surface area contributed by atoms with Gasteiger partial charge < -0.3 is 24.2 Å². The minimum absolute atomic E-state index is 0.210. The van der Waals surface area contributed by atoms with Gasteiger partial charge in [-0.15, -0.1) is 0 Å². The number of halogens is 1. The second-order valence-corrected chi connectivity index (χ2v) is 14.8. The summed E-state index contributed by atoms with van der Waals surface area (Å²) in [4.78, 5) is 49.1. The molecule has 0 unspecified atom stereocenters. The standard InChI is InChI=1S/C37H51ClN4O6/c1-36(2,3)46-34(44)40(22-11-14-33(43)39-48-30-19-24-41(25-20-30)35(45)47-37(4,5)6)21-9-10-23-42-31-13-8-7-12-27(31)15-16-28-17-18-29(38)26-32(28)42/h7-8,11-14,16,18,26,30H,9-10,15,17,19-25H2,1-6H3,(H,39,43)/b14-11+. The number of nitrogens with zero attached hydrogens (tertiary/aromatic N) is 3. The van der Waals surface area contributed by atoms with E-state index in [9.17, 15) is 14.4 Å². The van der Waals surface area contributed by atoms with Crippen molar-refractivity contribution in [3.63, 3.8) is 0 Å². The summed E-state index contributed by atoms with van der Waals surface area (Å²) in [7, 11) is 0. The molecule has 3 aliphatic rings. The zero-order valence-electron chi connectivity index (χ0n) is 29.2. The van der Waals surface area contributed by atoms with E-state index < -0.39 is 23.2 Å². The number of hydrogen-bond donors (Lipinski definition) is 1. The largest absolute Gasteiger partial charge is 0.444 e. The molecule has 0 saturated carbocycles. The Hall–Kier alpha value is -3.76. The molecule has 0 spiro atoms. The van der Waals surface area contributed by atoms with Crippen LogP contribution < -0.4 is 10.4 Å². The van der Waals surface area contributed by atoms with Crippen LogP contribution in [0.3, 0.4) is 0 Å². The zero-order chi connectivity index (χ0) is 34.9. The van der Waals surface area contributed by atoms with Gasteiger partial charge in [0.15, 0.2) is 0 Å². The molecule has 1 aliphatic carbocycles. The van der Waals surface area contributed by atoms with Gasteiger partial charge in [0.1, 0.15) is 11.2 Å². The van der Waals surface area contributed by atoms with Crippen molar-refractivity contribution in [3.8, 4) is 0 Å². The highest BCUT2D eigenvalue weighted by Crippen LogP contribution is 2.36. The Balaban J connectivity index is 1.28. The van der Waals surface area contributed by atoms with Crippen LogP contribution in [-0.2, 0) is 25.5 Å². The molecule has 0 radical (unpaired) electrons. The van der Waals surface area contributed by atoms with Gasteiger partial charge in [-0.05, 0) is 103 Å². The van der Waals surface area contributed by atoms with Gasteiger partial charge in [0, 0.05) is 55.2 Å². The minimum Gasteiger partial charge on any atom is -0.444 e. The predicted octanol–water partition coefficient (Wildman–Crippen LogP) is 7.41. The molecule has 1 aromatic carbocycles. The van der Waals surface area contributed by atoms with E-state index >= 15 is 0 Å². The number of nitrogens with one attached hydrogen (secondary N) is 1. The summed E-state index contributed by atoms with van der Waals surface area (Å²) < 4.78 is 11.1. The molecule has 1 aromatic rings. The SMILES string of the molecule is CC(C)(C)OC(=O)N(C/C=C/C(=O)NOC1CCN(C(=O)OC(C)(C)C)CC1)CCCCN1C2=CC(Cl)=CCC2=CCc2ccccc21. The number of benzene rings is 1. The number of para-hydroxylation sites is 1. The number of piperidine rings is 1. The Morgan fingerprint density at radius 3 is 2.40 bits per heavy atom. The first kappa shape index (κ1) is 37.1. The van der Waals surface area contributed by atoms with Gasteiger partial charge in [-0.1, -0.05) is 48.0 Å². The molecular formula is C37H51ClN4O6.